The number of carbonyl (C=O) groups is 2. The molecule has 6 nitrogen and oxygen atoms in total. The predicted octanol–water partition coefficient (Wildman–Crippen LogP) is 2.98. The fourth-order valence-corrected chi connectivity index (χ4v) is 3.96. The van der Waals surface area contributed by atoms with Crippen molar-refractivity contribution in [2.45, 2.75) is 63.2 Å². The molecule has 1 aromatic carbocycles. The number of nitrogens with one attached hydrogen (secondary N) is 1. The van der Waals surface area contributed by atoms with Crippen LogP contribution >= 0.6 is 0 Å². The zero-order chi connectivity index (χ0) is 18.3. The second-order valence-corrected chi connectivity index (χ2v) is 8.05. The van der Waals surface area contributed by atoms with Crippen LogP contribution in [0.2, 0.25) is 0 Å². The molecule has 0 aromatic heterocycles. The topological polar surface area (TPSA) is 83.6 Å². The molecule has 1 heterocycles. The van der Waals surface area contributed by atoms with Gasteiger partial charge in [0.1, 0.15) is 0 Å². The van der Waals surface area contributed by atoms with Crippen molar-refractivity contribution in [3.05, 3.63) is 24.3 Å². The maximum atomic E-state index is 12.4. The zero-order valence-electron chi connectivity index (χ0n) is 14.7. The van der Waals surface area contributed by atoms with Crippen molar-refractivity contribution < 1.29 is 18.0 Å². The van der Waals surface area contributed by atoms with Gasteiger partial charge in [-0.05, 0) is 24.6 Å². The van der Waals surface area contributed by atoms with E-state index in [1.54, 1.807) is 12.1 Å². The molecular weight excluding hydrogens is 340 g/mol. The first-order valence-corrected chi connectivity index (χ1v) is 10.4. The Balaban J connectivity index is 1.94. The second-order valence-electron chi connectivity index (χ2n) is 6.29. The monoisotopic (exact) mass is 366 g/mol. The normalized spacial score (nSPS) is 15.2. The quantitative estimate of drug-likeness (QED) is 0.510. The molecule has 1 N–H and O–H groups in total. The Bertz CT molecular complexity index is 700. The van der Waals surface area contributed by atoms with Crippen molar-refractivity contribution >= 4 is 27.5 Å². The van der Waals surface area contributed by atoms with Gasteiger partial charge in [-0.1, -0.05) is 45.1 Å². The summed E-state index contributed by atoms with van der Waals surface area (Å²) in [5.74, 6) is -0.584. The van der Waals surface area contributed by atoms with Gasteiger partial charge in [0.15, 0.2) is 0 Å². The van der Waals surface area contributed by atoms with Crippen molar-refractivity contribution in [3.8, 4) is 0 Å². The van der Waals surface area contributed by atoms with E-state index in [0.717, 1.165) is 24.2 Å². The fraction of sp³-hybridized carbons (Fsp3) is 0.556. The second kappa shape index (κ2) is 9.10. The molecule has 0 aliphatic carbocycles. The Morgan fingerprint density at radius 2 is 1.64 bits per heavy atom. The summed E-state index contributed by atoms with van der Waals surface area (Å²) in [6.45, 7) is 2.55. The van der Waals surface area contributed by atoms with E-state index in [1.807, 2.05) is 0 Å². The minimum atomic E-state index is -3.64. The van der Waals surface area contributed by atoms with E-state index in [0.29, 0.717) is 12.2 Å². The molecule has 2 rings (SSSR count). The summed E-state index contributed by atoms with van der Waals surface area (Å²) >= 11 is 0. The van der Waals surface area contributed by atoms with Gasteiger partial charge in [0.05, 0.1) is 10.6 Å². The van der Waals surface area contributed by atoms with Gasteiger partial charge in [0.25, 0.3) is 0 Å². The van der Waals surface area contributed by atoms with Gasteiger partial charge in [-0.15, -0.1) is 0 Å². The number of hydrogen-bond donors (Lipinski definition) is 1. The van der Waals surface area contributed by atoms with E-state index in [9.17, 15) is 18.0 Å². The Kier molecular flexibility index (Phi) is 7.13. The summed E-state index contributed by atoms with van der Waals surface area (Å²) in [4.78, 5) is 24.7. The number of benzene rings is 1. The van der Waals surface area contributed by atoms with Gasteiger partial charge in [0.2, 0.25) is 21.8 Å². The first kappa shape index (κ1) is 19.6. The smallest absolute Gasteiger partial charge is 0.240 e. The van der Waals surface area contributed by atoms with Crippen molar-refractivity contribution in [1.82, 2.24) is 4.72 Å². The van der Waals surface area contributed by atoms with E-state index in [4.69, 9.17) is 0 Å². The maximum Gasteiger partial charge on any atom is 0.240 e. The highest BCUT2D eigenvalue weighted by molar-refractivity contribution is 7.89. The van der Waals surface area contributed by atoms with Crippen LogP contribution in [0, 0.1) is 0 Å². The molecule has 0 radical (unpaired) electrons. The summed E-state index contributed by atoms with van der Waals surface area (Å²) in [6, 6.07) is 5.98. The number of nitrogens with zero attached hydrogens (tertiary/aromatic N) is 1. The van der Waals surface area contributed by atoms with Crippen LogP contribution < -0.4 is 9.62 Å². The van der Waals surface area contributed by atoms with Crippen LogP contribution in [0.5, 0.6) is 0 Å². The molecule has 0 saturated carbocycles. The number of amides is 2. The zero-order valence-corrected chi connectivity index (χ0v) is 15.5. The minimum Gasteiger partial charge on any atom is -0.274 e. The van der Waals surface area contributed by atoms with Gasteiger partial charge in [-0.25, -0.2) is 13.1 Å². The van der Waals surface area contributed by atoms with Crippen LogP contribution in [-0.2, 0) is 19.6 Å². The average molecular weight is 366 g/mol. The van der Waals surface area contributed by atoms with Crippen molar-refractivity contribution in [2.75, 3.05) is 11.4 Å². The molecule has 1 aromatic rings. The molecule has 1 fully saturated rings. The Labute approximate surface area is 149 Å². The Morgan fingerprint density at radius 1 is 1.00 bits per heavy atom. The van der Waals surface area contributed by atoms with Gasteiger partial charge in [0, 0.05) is 19.4 Å². The van der Waals surface area contributed by atoms with Crippen molar-refractivity contribution in [1.29, 1.82) is 0 Å². The lowest BCUT2D eigenvalue weighted by molar-refractivity contribution is -0.121. The molecule has 2 amide bonds. The lowest BCUT2D eigenvalue weighted by Crippen LogP contribution is -2.29. The third-order valence-electron chi connectivity index (χ3n) is 4.26. The Hall–Kier alpha value is -1.73. The van der Waals surface area contributed by atoms with E-state index in [2.05, 4.69) is 11.6 Å². The highest BCUT2D eigenvalue weighted by Gasteiger charge is 2.30. The SMILES string of the molecule is CCCCCCCCNS(=O)(=O)c1cccc(N2C(=O)CCC2=O)c1. The van der Waals surface area contributed by atoms with Crippen LogP contribution in [0.4, 0.5) is 5.69 Å². The van der Waals surface area contributed by atoms with E-state index in [-0.39, 0.29) is 29.6 Å². The molecule has 25 heavy (non-hydrogen) atoms. The summed E-state index contributed by atoms with van der Waals surface area (Å²) in [7, 11) is -3.64. The molecule has 0 atom stereocenters. The van der Waals surface area contributed by atoms with E-state index < -0.39 is 10.0 Å². The predicted molar refractivity (Wildman–Crippen MR) is 96.7 cm³/mol. The molecule has 1 aliphatic rings. The number of rotatable bonds is 10. The number of imide groups is 1. The van der Waals surface area contributed by atoms with Crippen molar-refractivity contribution in [2.24, 2.45) is 0 Å². The first-order chi connectivity index (χ1) is 12.0. The molecule has 7 heteroatoms. The average Bonchev–Trinajstić information content (AvgIpc) is 2.93. The standard InChI is InChI=1S/C18H26N2O4S/c1-2-3-4-5-6-7-13-19-25(23,24)16-10-8-9-15(14-16)20-17(21)11-12-18(20)22/h8-10,14,19H,2-7,11-13H2,1H3. The summed E-state index contributed by atoms with van der Waals surface area (Å²) in [5.41, 5.74) is 0.315. The van der Waals surface area contributed by atoms with Crippen molar-refractivity contribution in [3.63, 3.8) is 0 Å². The van der Waals surface area contributed by atoms with E-state index in [1.165, 1.54) is 31.4 Å². The fourth-order valence-electron chi connectivity index (χ4n) is 2.85. The summed E-state index contributed by atoms with van der Waals surface area (Å²) < 4.78 is 27.4. The van der Waals surface area contributed by atoms with Gasteiger partial charge < -0.3 is 0 Å². The Morgan fingerprint density at radius 3 is 2.32 bits per heavy atom. The lowest BCUT2D eigenvalue weighted by atomic mass is 10.1. The first-order valence-electron chi connectivity index (χ1n) is 8.91. The van der Waals surface area contributed by atoms with Crippen LogP contribution in [0.25, 0.3) is 0 Å². The summed E-state index contributed by atoms with van der Waals surface area (Å²) in [5, 5.41) is 0. The third-order valence-corrected chi connectivity index (χ3v) is 5.72. The maximum absolute atomic E-state index is 12.4. The minimum absolute atomic E-state index is 0.0727. The molecule has 0 unspecified atom stereocenters. The largest absolute Gasteiger partial charge is 0.274 e. The number of unbranched alkanes of at least 4 members (excludes halogenated alkanes) is 5. The van der Waals surface area contributed by atoms with Crippen LogP contribution in [0.1, 0.15) is 58.3 Å². The molecule has 138 valence electrons. The van der Waals surface area contributed by atoms with Crippen LogP contribution in [0.15, 0.2) is 29.2 Å². The molecule has 1 saturated heterocycles. The van der Waals surface area contributed by atoms with Crippen LogP contribution in [0.3, 0.4) is 0 Å². The van der Waals surface area contributed by atoms with Gasteiger partial charge in [-0.2, -0.15) is 0 Å². The van der Waals surface area contributed by atoms with Gasteiger partial charge in [-0.3, -0.25) is 14.5 Å². The molecular formula is C18H26N2O4S. The third kappa shape index (κ3) is 5.37. The highest BCUT2D eigenvalue weighted by Crippen LogP contribution is 2.25. The number of hydrogen-bond acceptors (Lipinski definition) is 4. The van der Waals surface area contributed by atoms with E-state index >= 15 is 0 Å². The van der Waals surface area contributed by atoms with Gasteiger partial charge >= 0.3 is 0 Å². The highest BCUT2D eigenvalue weighted by atomic mass is 32.2. The molecule has 1 aliphatic heterocycles. The molecule has 0 spiro atoms. The number of sulfonamides is 1. The summed E-state index contributed by atoms with van der Waals surface area (Å²) in [6.07, 6.45) is 6.84. The molecule has 0 bridgehead atoms. The number of anilines is 1. The van der Waals surface area contributed by atoms with Crippen LogP contribution in [-0.4, -0.2) is 26.8 Å². The lowest BCUT2D eigenvalue weighted by Gasteiger charge is -2.15. The number of carbonyl (C=O) groups excluding carboxylic acids is 2.